The standard InChI is InChI=1S/C12H17BrN2O2S/c1-8-5-9(2)15(7-8)18(16,17)12-6-10(14)3-4-11(12)13/h3-4,6,8-9H,5,7,14H2,1-2H3. The minimum Gasteiger partial charge on any atom is -0.399 e. The fourth-order valence-electron chi connectivity index (χ4n) is 2.44. The van der Waals surface area contributed by atoms with Crippen LogP contribution in [0.5, 0.6) is 0 Å². The monoisotopic (exact) mass is 332 g/mol. The van der Waals surface area contributed by atoms with Gasteiger partial charge in [-0.05, 0) is 53.4 Å². The van der Waals surface area contributed by atoms with Gasteiger partial charge in [-0.1, -0.05) is 6.92 Å². The van der Waals surface area contributed by atoms with Gasteiger partial charge < -0.3 is 5.73 Å². The Kier molecular flexibility index (Phi) is 3.71. The van der Waals surface area contributed by atoms with E-state index in [2.05, 4.69) is 22.9 Å². The normalized spacial score (nSPS) is 25.5. The number of anilines is 1. The molecule has 1 fully saturated rings. The first-order valence-electron chi connectivity index (χ1n) is 5.89. The minimum absolute atomic E-state index is 0.0401. The average molecular weight is 333 g/mol. The second-order valence-corrected chi connectivity index (χ2v) is 7.67. The zero-order valence-electron chi connectivity index (χ0n) is 10.4. The van der Waals surface area contributed by atoms with Crippen LogP contribution in [-0.2, 0) is 10.0 Å². The molecule has 0 spiro atoms. The van der Waals surface area contributed by atoms with Gasteiger partial charge in [-0.15, -0.1) is 0 Å². The van der Waals surface area contributed by atoms with Crippen molar-refractivity contribution in [2.75, 3.05) is 12.3 Å². The molecule has 2 unspecified atom stereocenters. The maximum absolute atomic E-state index is 12.6. The van der Waals surface area contributed by atoms with E-state index in [0.29, 0.717) is 22.6 Å². The molecule has 1 aromatic carbocycles. The molecule has 100 valence electrons. The molecular weight excluding hydrogens is 316 g/mol. The van der Waals surface area contributed by atoms with Crippen LogP contribution < -0.4 is 5.73 Å². The highest BCUT2D eigenvalue weighted by Gasteiger charge is 2.36. The Balaban J connectivity index is 2.45. The lowest BCUT2D eigenvalue weighted by molar-refractivity contribution is 0.405. The van der Waals surface area contributed by atoms with E-state index in [1.54, 1.807) is 16.4 Å². The molecule has 1 saturated heterocycles. The molecule has 6 heteroatoms. The highest BCUT2D eigenvalue weighted by atomic mass is 79.9. The first-order chi connectivity index (χ1) is 8.32. The molecule has 0 amide bonds. The predicted molar refractivity (Wildman–Crippen MR) is 75.7 cm³/mol. The van der Waals surface area contributed by atoms with Crippen LogP contribution in [0.1, 0.15) is 20.3 Å². The Morgan fingerprint density at radius 3 is 2.61 bits per heavy atom. The number of benzene rings is 1. The molecule has 2 atom stereocenters. The van der Waals surface area contributed by atoms with Crippen LogP contribution in [-0.4, -0.2) is 25.3 Å². The molecule has 0 bridgehead atoms. The second kappa shape index (κ2) is 4.83. The predicted octanol–water partition coefficient (Wildman–Crippen LogP) is 2.45. The zero-order valence-corrected chi connectivity index (χ0v) is 12.8. The number of nitrogens with zero attached hydrogens (tertiary/aromatic N) is 1. The fraction of sp³-hybridized carbons (Fsp3) is 0.500. The Morgan fingerprint density at radius 2 is 2.06 bits per heavy atom. The van der Waals surface area contributed by atoms with Gasteiger partial charge in [-0.25, -0.2) is 8.42 Å². The van der Waals surface area contributed by atoms with Gasteiger partial charge in [0.2, 0.25) is 10.0 Å². The quantitative estimate of drug-likeness (QED) is 0.846. The van der Waals surface area contributed by atoms with E-state index >= 15 is 0 Å². The van der Waals surface area contributed by atoms with Gasteiger partial charge >= 0.3 is 0 Å². The van der Waals surface area contributed by atoms with Crippen LogP contribution in [0.3, 0.4) is 0 Å². The van der Waals surface area contributed by atoms with Gasteiger partial charge in [0, 0.05) is 22.7 Å². The van der Waals surface area contributed by atoms with Crippen molar-refractivity contribution in [2.24, 2.45) is 5.92 Å². The number of halogens is 1. The third-order valence-corrected chi connectivity index (χ3v) is 6.24. The summed E-state index contributed by atoms with van der Waals surface area (Å²) in [7, 11) is -3.47. The summed E-state index contributed by atoms with van der Waals surface area (Å²) in [5.74, 6) is 0.398. The summed E-state index contributed by atoms with van der Waals surface area (Å²) in [6.45, 7) is 4.59. The highest BCUT2D eigenvalue weighted by molar-refractivity contribution is 9.10. The number of nitrogen functional groups attached to an aromatic ring is 1. The Labute approximate surface area is 116 Å². The van der Waals surface area contributed by atoms with E-state index in [-0.39, 0.29) is 10.9 Å². The summed E-state index contributed by atoms with van der Waals surface area (Å²) < 4.78 is 27.3. The van der Waals surface area contributed by atoms with E-state index in [1.807, 2.05) is 6.92 Å². The minimum atomic E-state index is -3.47. The molecule has 1 heterocycles. The fourth-order valence-corrected chi connectivity index (χ4v) is 5.16. The van der Waals surface area contributed by atoms with Crippen molar-refractivity contribution in [3.8, 4) is 0 Å². The molecule has 2 N–H and O–H groups in total. The summed E-state index contributed by atoms with van der Waals surface area (Å²) in [5.41, 5.74) is 6.14. The maximum atomic E-state index is 12.6. The lowest BCUT2D eigenvalue weighted by Crippen LogP contribution is -2.34. The number of rotatable bonds is 2. The Morgan fingerprint density at radius 1 is 1.39 bits per heavy atom. The van der Waals surface area contributed by atoms with E-state index in [0.717, 1.165) is 6.42 Å². The second-order valence-electron chi connectivity index (χ2n) is 4.95. The van der Waals surface area contributed by atoms with Gasteiger partial charge in [0.1, 0.15) is 0 Å². The van der Waals surface area contributed by atoms with Crippen molar-refractivity contribution in [2.45, 2.75) is 31.2 Å². The van der Waals surface area contributed by atoms with E-state index in [1.165, 1.54) is 6.07 Å². The largest absolute Gasteiger partial charge is 0.399 e. The van der Waals surface area contributed by atoms with Crippen LogP contribution in [0.25, 0.3) is 0 Å². The Bertz CT molecular complexity index is 559. The summed E-state index contributed by atoms with van der Waals surface area (Å²) in [6, 6.07) is 4.90. The molecule has 0 aliphatic carbocycles. The molecule has 1 aromatic rings. The molecule has 18 heavy (non-hydrogen) atoms. The van der Waals surface area contributed by atoms with Gasteiger partial charge in [0.15, 0.2) is 0 Å². The lowest BCUT2D eigenvalue weighted by atomic mass is 10.1. The summed E-state index contributed by atoms with van der Waals surface area (Å²) >= 11 is 3.29. The molecule has 0 aromatic heterocycles. The zero-order chi connectivity index (χ0) is 13.5. The van der Waals surface area contributed by atoms with Crippen molar-refractivity contribution >= 4 is 31.6 Å². The van der Waals surface area contributed by atoms with Gasteiger partial charge in [0.05, 0.1) is 4.90 Å². The molecule has 0 radical (unpaired) electrons. The van der Waals surface area contributed by atoms with Crippen LogP contribution in [0.15, 0.2) is 27.6 Å². The van der Waals surface area contributed by atoms with E-state index in [9.17, 15) is 8.42 Å². The van der Waals surface area contributed by atoms with Crippen LogP contribution in [0.2, 0.25) is 0 Å². The van der Waals surface area contributed by atoms with Gasteiger partial charge in [-0.3, -0.25) is 0 Å². The highest BCUT2D eigenvalue weighted by Crippen LogP contribution is 2.33. The van der Waals surface area contributed by atoms with Gasteiger partial charge in [0.25, 0.3) is 0 Å². The molecule has 2 rings (SSSR count). The number of sulfonamides is 1. The molecule has 4 nitrogen and oxygen atoms in total. The topological polar surface area (TPSA) is 63.4 Å². The Hall–Kier alpha value is -0.590. The molecule has 1 aliphatic rings. The van der Waals surface area contributed by atoms with Gasteiger partial charge in [-0.2, -0.15) is 4.31 Å². The number of hydrogen-bond acceptors (Lipinski definition) is 3. The SMILES string of the molecule is CC1CC(C)N(S(=O)(=O)c2cc(N)ccc2Br)C1. The molecule has 1 aliphatic heterocycles. The van der Waals surface area contributed by atoms with Crippen molar-refractivity contribution < 1.29 is 8.42 Å². The van der Waals surface area contributed by atoms with E-state index < -0.39 is 10.0 Å². The first kappa shape index (κ1) is 13.8. The lowest BCUT2D eigenvalue weighted by Gasteiger charge is -2.21. The van der Waals surface area contributed by atoms with Crippen LogP contribution in [0.4, 0.5) is 5.69 Å². The smallest absolute Gasteiger partial charge is 0.244 e. The summed E-state index contributed by atoms with van der Waals surface area (Å²) in [6.07, 6.45) is 0.902. The molecule has 0 saturated carbocycles. The summed E-state index contributed by atoms with van der Waals surface area (Å²) in [5, 5.41) is 0. The van der Waals surface area contributed by atoms with Crippen molar-refractivity contribution in [3.63, 3.8) is 0 Å². The van der Waals surface area contributed by atoms with Crippen molar-refractivity contribution in [1.82, 2.24) is 4.31 Å². The first-order valence-corrected chi connectivity index (χ1v) is 8.12. The van der Waals surface area contributed by atoms with Crippen LogP contribution in [0, 0.1) is 5.92 Å². The maximum Gasteiger partial charge on any atom is 0.244 e. The van der Waals surface area contributed by atoms with Crippen LogP contribution >= 0.6 is 15.9 Å². The third kappa shape index (κ3) is 2.41. The number of hydrogen-bond donors (Lipinski definition) is 1. The van der Waals surface area contributed by atoms with E-state index in [4.69, 9.17) is 5.73 Å². The average Bonchev–Trinajstić information content (AvgIpc) is 2.62. The summed E-state index contributed by atoms with van der Waals surface area (Å²) in [4.78, 5) is 0.253. The molecular formula is C12H17BrN2O2S. The number of nitrogens with two attached hydrogens (primary N) is 1. The third-order valence-electron chi connectivity index (χ3n) is 3.27. The van der Waals surface area contributed by atoms with Crippen molar-refractivity contribution in [3.05, 3.63) is 22.7 Å². The van der Waals surface area contributed by atoms with Crippen molar-refractivity contribution in [1.29, 1.82) is 0 Å².